The van der Waals surface area contributed by atoms with Crippen molar-refractivity contribution in [3.05, 3.63) is 59.3 Å². The summed E-state index contributed by atoms with van der Waals surface area (Å²) in [7, 11) is 3.83. The van der Waals surface area contributed by atoms with Crippen LogP contribution in [0.2, 0.25) is 0 Å². The topological polar surface area (TPSA) is 77.5 Å². The average molecular weight is 328 g/mol. The van der Waals surface area contributed by atoms with Crippen molar-refractivity contribution in [3.8, 4) is 0 Å². The Bertz CT molecular complexity index is 671. The van der Waals surface area contributed by atoms with Gasteiger partial charge in [-0.3, -0.25) is 0 Å². The minimum atomic E-state index is -0.730. The van der Waals surface area contributed by atoms with Crippen LogP contribution in [0, 0.1) is 6.92 Å². The van der Waals surface area contributed by atoms with Crippen molar-refractivity contribution in [2.24, 2.45) is 0 Å². The van der Waals surface area contributed by atoms with E-state index in [-0.39, 0.29) is 12.6 Å². The van der Waals surface area contributed by atoms with Gasteiger partial charge in [0.05, 0.1) is 18.3 Å². The van der Waals surface area contributed by atoms with Gasteiger partial charge >= 0.3 is 6.03 Å². The molecule has 0 bridgehead atoms. The molecule has 6 heteroatoms. The number of anilines is 1. The second-order valence-electron chi connectivity index (χ2n) is 5.87. The molecule has 3 N–H and O–H groups in total. The first-order chi connectivity index (χ1) is 11.5. The van der Waals surface area contributed by atoms with Gasteiger partial charge in [0.1, 0.15) is 5.82 Å². The molecule has 0 aliphatic heterocycles. The normalized spacial score (nSPS) is 11.7. The predicted octanol–water partition coefficient (Wildman–Crippen LogP) is 1.99. The molecule has 128 valence electrons. The number of benzene rings is 1. The fourth-order valence-corrected chi connectivity index (χ4v) is 2.14. The maximum atomic E-state index is 11.9. The molecule has 6 nitrogen and oxygen atoms in total. The van der Waals surface area contributed by atoms with Gasteiger partial charge in [-0.2, -0.15) is 0 Å². The van der Waals surface area contributed by atoms with Gasteiger partial charge in [0.2, 0.25) is 0 Å². The monoisotopic (exact) mass is 328 g/mol. The molecule has 1 aromatic carbocycles. The van der Waals surface area contributed by atoms with Crippen LogP contribution in [0.25, 0.3) is 0 Å². The number of aliphatic hydroxyl groups is 1. The molecule has 1 unspecified atom stereocenters. The van der Waals surface area contributed by atoms with Crippen molar-refractivity contribution in [1.82, 2.24) is 15.6 Å². The van der Waals surface area contributed by atoms with Crippen LogP contribution in [-0.2, 0) is 6.54 Å². The predicted molar refractivity (Wildman–Crippen MR) is 94.9 cm³/mol. The van der Waals surface area contributed by atoms with E-state index in [4.69, 9.17) is 0 Å². The lowest BCUT2D eigenvalue weighted by atomic mass is 10.1. The maximum Gasteiger partial charge on any atom is 0.315 e. The summed E-state index contributed by atoms with van der Waals surface area (Å²) in [5, 5.41) is 15.5. The van der Waals surface area contributed by atoms with E-state index in [1.807, 2.05) is 68.4 Å². The number of hydrogen-bond donors (Lipinski definition) is 3. The van der Waals surface area contributed by atoms with Gasteiger partial charge in [0, 0.05) is 20.6 Å². The summed E-state index contributed by atoms with van der Waals surface area (Å²) in [6.07, 6.45) is -0.730. The Kier molecular flexibility index (Phi) is 6.14. The van der Waals surface area contributed by atoms with E-state index in [1.165, 1.54) is 0 Å². The molecule has 0 aliphatic rings. The largest absolute Gasteiger partial charge is 0.387 e. The van der Waals surface area contributed by atoms with Crippen LogP contribution < -0.4 is 15.5 Å². The number of carbonyl (C=O) groups is 1. The van der Waals surface area contributed by atoms with Crippen LogP contribution in [-0.4, -0.2) is 36.8 Å². The van der Waals surface area contributed by atoms with Crippen LogP contribution in [0.1, 0.15) is 22.9 Å². The van der Waals surface area contributed by atoms with Crippen molar-refractivity contribution < 1.29 is 9.90 Å². The highest BCUT2D eigenvalue weighted by Crippen LogP contribution is 2.12. The number of nitrogens with zero attached hydrogens (tertiary/aromatic N) is 2. The minimum absolute atomic E-state index is 0.153. The zero-order chi connectivity index (χ0) is 17.5. The first-order valence-electron chi connectivity index (χ1n) is 7.85. The van der Waals surface area contributed by atoms with Crippen molar-refractivity contribution >= 4 is 11.8 Å². The molecule has 0 radical (unpaired) electrons. The number of nitrogens with one attached hydrogen (secondary N) is 2. The van der Waals surface area contributed by atoms with E-state index in [0.29, 0.717) is 6.54 Å². The summed E-state index contributed by atoms with van der Waals surface area (Å²) in [5.74, 6) is 0.838. The molecule has 0 aliphatic carbocycles. The first kappa shape index (κ1) is 17.7. The Balaban J connectivity index is 1.79. The van der Waals surface area contributed by atoms with Gasteiger partial charge in [-0.25, -0.2) is 9.78 Å². The third kappa shape index (κ3) is 5.24. The van der Waals surface area contributed by atoms with Gasteiger partial charge < -0.3 is 20.6 Å². The molecule has 0 saturated heterocycles. The van der Waals surface area contributed by atoms with Crippen LogP contribution in [0.4, 0.5) is 10.6 Å². The van der Waals surface area contributed by atoms with Crippen molar-refractivity contribution in [3.63, 3.8) is 0 Å². The van der Waals surface area contributed by atoms with Gasteiger partial charge in [-0.05, 0) is 24.6 Å². The Hall–Kier alpha value is -2.60. The summed E-state index contributed by atoms with van der Waals surface area (Å²) < 4.78 is 0. The summed E-state index contributed by atoms with van der Waals surface area (Å²) in [6.45, 7) is 2.47. The van der Waals surface area contributed by atoms with Crippen LogP contribution >= 0.6 is 0 Å². The van der Waals surface area contributed by atoms with Crippen molar-refractivity contribution in [2.45, 2.75) is 19.6 Å². The molecular formula is C18H24N4O2. The van der Waals surface area contributed by atoms with E-state index in [1.54, 1.807) is 0 Å². The maximum absolute atomic E-state index is 11.9. The Morgan fingerprint density at radius 3 is 2.54 bits per heavy atom. The van der Waals surface area contributed by atoms with Gasteiger partial charge in [-0.15, -0.1) is 0 Å². The number of aryl methyl sites for hydroxylation is 1. The summed E-state index contributed by atoms with van der Waals surface area (Å²) >= 11 is 0. The first-order valence-corrected chi connectivity index (χ1v) is 7.85. The van der Waals surface area contributed by atoms with Crippen LogP contribution in [0.3, 0.4) is 0 Å². The minimum Gasteiger partial charge on any atom is -0.387 e. The average Bonchev–Trinajstić information content (AvgIpc) is 2.58. The number of rotatable bonds is 6. The van der Waals surface area contributed by atoms with Gasteiger partial charge in [-0.1, -0.05) is 35.9 Å². The number of amides is 2. The van der Waals surface area contributed by atoms with E-state index in [0.717, 1.165) is 22.6 Å². The summed E-state index contributed by atoms with van der Waals surface area (Å²) in [4.78, 5) is 18.2. The number of carbonyl (C=O) groups excluding carboxylic acids is 1. The zero-order valence-corrected chi connectivity index (χ0v) is 14.3. The third-order valence-electron chi connectivity index (χ3n) is 3.60. The number of hydrogen-bond acceptors (Lipinski definition) is 4. The van der Waals surface area contributed by atoms with E-state index < -0.39 is 6.10 Å². The fourth-order valence-electron chi connectivity index (χ4n) is 2.14. The third-order valence-corrected chi connectivity index (χ3v) is 3.60. The molecule has 0 saturated carbocycles. The number of aliphatic hydroxyl groups excluding tert-OH is 1. The zero-order valence-electron chi connectivity index (χ0n) is 14.3. The van der Waals surface area contributed by atoms with E-state index in [9.17, 15) is 9.90 Å². The second-order valence-corrected chi connectivity index (χ2v) is 5.87. The highest BCUT2D eigenvalue weighted by molar-refractivity contribution is 5.73. The van der Waals surface area contributed by atoms with E-state index in [2.05, 4.69) is 15.6 Å². The lowest BCUT2D eigenvalue weighted by Crippen LogP contribution is -2.37. The standard InChI is InChI=1S/C18H24N4O2/c1-13-7-9-14(10-8-13)16(23)12-20-18(24)19-11-15-5-4-6-17(21-15)22(2)3/h4-10,16,23H,11-12H2,1-3H3,(H2,19,20,24). The van der Waals surface area contributed by atoms with Crippen molar-refractivity contribution in [2.75, 3.05) is 25.5 Å². The Morgan fingerprint density at radius 2 is 1.88 bits per heavy atom. The highest BCUT2D eigenvalue weighted by Gasteiger charge is 2.09. The number of urea groups is 1. The molecule has 2 aromatic rings. The van der Waals surface area contributed by atoms with Gasteiger partial charge in [0.25, 0.3) is 0 Å². The molecule has 2 amide bonds. The number of pyridine rings is 1. The highest BCUT2D eigenvalue weighted by atomic mass is 16.3. The second kappa shape index (κ2) is 8.31. The molecule has 2 rings (SSSR count). The van der Waals surface area contributed by atoms with Gasteiger partial charge in [0.15, 0.2) is 0 Å². The van der Waals surface area contributed by atoms with Crippen LogP contribution in [0.15, 0.2) is 42.5 Å². The lowest BCUT2D eigenvalue weighted by Gasteiger charge is -2.14. The number of aromatic nitrogens is 1. The molecule has 24 heavy (non-hydrogen) atoms. The molecule has 0 fully saturated rings. The van der Waals surface area contributed by atoms with Crippen LogP contribution in [0.5, 0.6) is 0 Å². The molecule has 0 spiro atoms. The Labute approximate surface area is 142 Å². The van der Waals surface area contributed by atoms with Crippen molar-refractivity contribution in [1.29, 1.82) is 0 Å². The van der Waals surface area contributed by atoms with E-state index >= 15 is 0 Å². The molecular weight excluding hydrogens is 304 g/mol. The molecule has 1 heterocycles. The summed E-state index contributed by atoms with van der Waals surface area (Å²) in [5.41, 5.74) is 2.68. The SMILES string of the molecule is Cc1ccc(C(O)CNC(=O)NCc2cccc(N(C)C)n2)cc1. The fraction of sp³-hybridized carbons (Fsp3) is 0.333. The smallest absolute Gasteiger partial charge is 0.315 e. The lowest BCUT2D eigenvalue weighted by molar-refractivity contribution is 0.173. The molecule has 1 atom stereocenters. The quantitative estimate of drug-likeness (QED) is 0.758. The molecule has 1 aromatic heterocycles. The Morgan fingerprint density at radius 1 is 1.17 bits per heavy atom. The summed E-state index contributed by atoms with van der Waals surface area (Å²) in [6, 6.07) is 12.9.